The van der Waals surface area contributed by atoms with Crippen LogP contribution >= 0.6 is 0 Å². The zero-order chi connectivity index (χ0) is 16.9. The van der Waals surface area contributed by atoms with Gasteiger partial charge >= 0.3 is 5.97 Å². The molecule has 3 nitrogen and oxygen atoms in total. The van der Waals surface area contributed by atoms with Gasteiger partial charge in [-0.15, -0.1) is 0 Å². The maximum absolute atomic E-state index is 10.8. The SMILES string of the molecule is Nc1ccc2ccccc2c1.O=C(O)c1cccc2ccccc12. The standard InChI is InChI=1S/C11H8O2.C10H9N/c12-11(13)10-7-3-5-8-4-1-2-6-9(8)10;11-10-6-5-8-3-1-2-4-9(8)7-10/h1-7H,(H,12,13);1-7H,11H2. The highest BCUT2D eigenvalue weighted by molar-refractivity contribution is 6.03. The summed E-state index contributed by atoms with van der Waals surface area (Å²) in [6, 6.07) is 26.9. The van der Waals surface area contributed by atoms with Crippen LogP contribution in [0.4, 0.5) is 5.69 Å². The van der Waals surface area contributed by atoms with E-state index >= 15 is 0 Å². The number of nitrogens with two attached hydrogens (primary N) is 1. The van der Waals surface area contributed by atoms with Crippen LogP contribution in [0.15, 0.2) is 84.9 Å². The zero-order valence-corrected chi connectivity index (χ0v) is 13.0. The number of fused-ring (bicyclic) bond motifs is 2. The molecule has 0 spiro atoms. The summed E-state index contributed by atoms with van der Waals surface area (Å²) in [5, 5.41) is 13.1. The van der Waals surface area contributed by atoms with E-state index in [9.17, 15) is 4.79 Å². The first-order valence-corrected chi connectivity index (χ1v) is 7.60. The summed E-state index contributed by atoms with van der Waals surface area (Å²) in [7, 11) is 0. The van der Waals surface area contributed by atoms with Gasteiger partial charge in [0.1, 0.15) is 0 Å². The number of hydrogen-bond acceptors (Lipinski definition) is 2. The summed E-state index contributed by atoms with van der Waals surface area (Å²) in [6.07, 6.45) is 0. The smallest absolute Gasteiger partial charge is 0.336 e. The van der Waals surface area contributed by atoms with Crippen LogP contribution in [0.2, 0.25) is 0 Å². The molecule has 0 aliphatic rings. The molecule has 0 aliphatic heterocycles. The molecule has 0 fully saturated rings. The van der Waals surface area contributed by atoms with Gasteiger partial charge in [0.2, 0.25) is 0 Å². The molecule has 0 unspecified atom stereocenters. The lowest BCUT2D eigenvalue weighted by Gasteiger charge is -2.00. The summed E-state index contributed by atoms with van der Waals surface area (Å²) >= 11 is 0. The minimum atomic E-state index is -0.878. The zero-order valence-electron chi connectivity index (χ0n) is 13.0. The minimum Gasteiger partial charge on any atom is -0.478 e. The van der Waals surface area contributed by atoms with Crippen molar-refractivity contribution >= 4 is 33.2 Å². The lowest BCUT2D eigenvalue weighted by molar-refractivity contribution is 0.0699. The number of nitrogen functional groups attached to an aromatic ring is 1. The molecule has 0 aliphatic carbocycles. The Kier molecular flexibility index (Phi) is 4.43. The Hall–Kier alpha value is -3.33. The van der Waals surface area contributed by atoms with E-state index in [2.05, 4.69) is 12.1 Å². The Morgan fingerprint density at radius 2 is 1.33 bits per heavy atom. The van der Waals surface area contributed by atoms with Gasteiger partial charge in [-0.25, -0.2) is 4.79 Å². The average Bonchev–Trinajstić information content (AvgIpc) is 2.61. The molecule has 0 saturated heterocycles. The van der Waals surface area contributed by atoms with Crippen LogP contribution in [0.5, 0.6) is 0 Å². The van der Waals surface area contributed by atoms with Crippen molar-refractivity contribution in [2.75, 3.05) is 5.73 Å². The summed E-state index contributed by atoms with van der Waals surface area (Å²) in [5.41, 5.74) is 6.81. The van der Waals surface area contributed by atoms with Crippen LogP contribution in [-0.4, -0.2) is 11.1 Å². The largest absolute Gasteiger partial charge is 0.478 e. The van der Waals surface area contributed by atoms with Crippen molar-refractivity contribution in [1.82, 2.24) is 0 Å². The van der Waals surface area contributed by atoms with E-state index in [0.29, 0.717) is 5.56 Å². The molecular weight excluding hydrogens is 298 g/mol. The number of carboxylic acid groups (broad SMARTS) is 1. The summed E-state index contributed by atoms with van der Waals surface area (Å²) in [6.45, 7) is 0. The number of aromatic carboxylic acids is 1. The van der Waals surface area contributed by atoms with Gasteiger partial charge in [-0.05, 0) is 39.7 Å². The van der Waals surface area contributed by atoms with Gasteiger partial charge in [-0.1, -0.05) is 66.7 Å². The number of anilines is 1. The van der Waals surface area contributed by atoms with E-state index in [-0.39, 0.29) is 0 Å². The highest BCUT2D eigenvalue weighted by atomic mass is 16.4. The fourth-order valence-corrected chi connectivity index (χ4v) is 2.62. The van der Waals surface area contributed by atoms with Crippen molar-refractivity contribution in [1.29, 1.82) is 0 Å². The van der Waals surface area contributed by atoms with Crippen LogP contribution in [0.1, 0.15) is 10.4 Å². The van der Waals surface area contributed by atoms with Crippen molar-refractivity contribution in [3.05, 3.63) is 90.5 Å². The van der Waals surface area contributed by atoms with Crippen molar-refractivity contribution in [3.8, 4) is 0 Å². The molecule has 3 N–H and O–H groups in total. The molecule has 0 atom stereocenters. The highest BCUT2D eigenvalue weighted by Crippen LogP contribution is 2.18. The summed E-state index contributed by atoms with van der Waals surface area (Å²) in [4.78, 5) is 10.8. The first-order valence-electron chi connectivity index (χ1n) is 7.60. The molecule has 0 heterocycles. The maximum Gasteiger partial charge on any atom is 0.336 e. The molecule has 0 amide bonds. The predicted molar refractivity (Wildman–Crippen MR) is 99.3 cm³/mol. The van der Waals surface area contributed by atoms with Crippen LogP contribution in [0, 0.1) is 0 Å². The van der Waals surface area contributed by atoms with Crippen molar-refractivity contribution in [3.63, 3.8) is 0 Å². The van der Waals surface area contributed by atoms with E-state index in [0.717, 1.165) is 16.5 Å². The van der Waals surface area contributed by atoms with Gasteiger partial charge in [-0.3, -0.25) is 0 Å². The molecule has 0 radical (unpaired) electrons. The maximum atomic E-state index is 10.8. The first-order chi connectivity index (χ1) is 11.6. The van der Waals surface area contributed by atoms with Crippen LogP contribution in [0.25, 0.3) is 21.5 Å². The van der Waals surface area contributed by atoms with Gasteiger partial charge < -0.3 is 10.8 Å². The Balaban J connectivity index is 0.000000143. The molecule has 118 valence electrons. The second-order valence-electron chi connectivity index (χ2n) is 5.44. The molecule has 4 aromatic carbocycles. The summed E-state index contributed by atoms with van der Waals surface area (Å²) in [5.74, 6) is -0.878. The number of carboxylic acids is 1. The molecule has 4 rings (SSSR count). The molecular formula is C21H17NO2. The Bertz CT molecular complexity index is 1000. The Labute approximate surface area is 140 Å². The lowest BCUT2D eigenvalue weighted by Crippen LogP contribution is -1.96. The average molecular weight is 315 g/mol. The third-order valence-corrected chi connectivity index (χ3v) is 3.79. The Morgan fingerprint density at radius 3 is 2.08 bits per heavy atom. The molecule has 4 aromatic rings. The van der Waals surface area contributed by atoms with Crippen LogP contribution in [-0.2, 0) is 0 Å². The number of hydrogen-bond donors (Lipinski definition) is 2. The first kappa shape index (κ1) is 15.6. The second-order valence-corrected chi connectivity index (χ2v) is 5.44. The third kappa shape index (κ3) is 3.36. The molecule has 3 heteroatoms. The normalized spacial score (nSPS) is 10.2. The molecule has 0 aromatic heterocycles. The quantitative estimate of drug-likeness (QED) is 0.488. The van der Waals surface area contributed by atoms with Crippen LogP contribution < -0.4 is 5.73 Å². The van der Waals surface area contributed by atoms with E-state index in [1.54, 1.807) is 12.1 Å². The number of rotatable bonds is 1. The monoisotopic (exact) mass is 315 g/mol. The third-order valence-electron chi connectivity index (χ3n) is 3.79. The molecule has 24 heavy (non-hydrogen) atoms. The lowest BCUT2D eigenvalue weighted by atomic mass is 10.1. The van der Waals surface area contributed by atoms with Gasteiger partial charge in [0.15, 0.2) is 0 Å². The van der Waals surface area contributed by atoms with Crippen molar-refractivity contribution < 1.29 is 9.90 Å². The second kappa shape index (κ2) is 6.84. The van der Waals surface area contributed by atoms with Gasteiger partial charge in [0.25, 0.3) is 0 Å². The van der Waals surface area contributed by atoms with E-state index < -0.39 is 5.97 Å². The topological polar surface area (TPSA) is 63.3 Å². The minimum absolute atomic E-state index is 0.359. The predicted octanol–water partition coefficient (Wildman–Crippen LogP) is 4.96. The van der Waals surface area contributed by atoms with E-state index in [1.165, 1.54) is 10.8 Å². The fourth-order valence-electron chi connectivity index (χ4n) is 2.62. The highest BCUT2D eigenvalue weighted by Gasteiger charge is 2.05. The van der Waals surface area contributed by atoms with Gasteiger partial charge in [0.05, 0.1) is 5.56 Å². The number of benzene rings is 4. The fraction of sp³-hybridized carbons (Fsp3) is 0. The number of carbonyl (C=O) groups is 1. The Morgan fingerprint density at radius 1 is 0.708 bits per heavy atom. The summed E-state index contributed by atoms with van der Waals surface area (Å²) < 4.78 is 0. The van der Waals surface area contributed by atoms with E-state index in [1.807, 2.05) is 60.7 Å². The van der Waals surface area contributed by atoms with Gasteiger partial charge in [-0.2, -0.15) is 0 Å². The van der Waals surface area contributed by atoms with E-state index in [4.69, 9.17) is 10.8 Å². The molecule has 0 saturated carbocycles. The van der Waals surface area contributed by atoms with Crippen molar-refractivity contribution in [2.45, 2.75) is 0 Å². The van der Waals surface area contributed by atoms with Crippen molar-refractivity contribution in [2.24, 2.45) is 0 Å². The van der Waals surface area contributed by atoms with Gasteiger partial charge in [0, 0.05) is 5.69 Å². The molecule has 0 bridgehead atoms. The van der Waals surface area contributed by atoms with Crippen LogP contribution in [0.3, 0.4) is 0 Å².